The van der Waals surface area contributed by atoms with Crippen LogP contribution in [0.4, 0.5) is 17.2 Å². The number of nitrogens with zero attached hydrogens (tertiary/aromatic N) is 4. The van der Waals surface area contributed by atoms with E-state index in [9.17, 15) is 4.79 Å². The Hall–Kier alpha value is -3.24. The maximum absolute atomic E-state index is 13.1. The van der Waals surface area contributed by atoms with Crippen molar-refractivity contribution in [2.45, 2.75) is 25.3 Å². The summed E-state index contributed by atoms with van der Waals surface area (Å²) in [7, 11) is 5.71. The Labute approximate surface area is 202 Å². The van der Waals surface area contributed by atoms with Crippen LogP contribution >= 0.6 is 11.3 Å². The number of benzene rings is 1. The first-order valence-corrected chi connectivity index (χ1v) is 12.2. The molecular formula is C24H29N7O2S. The first-order chi connectivity index (χ1) is 16.4. The average Bonchev–Trinajstić information content (AvgIpc) is 3.17. The van der Waals surface area contributed by atoms with E-state index in [0.29, 0.717) is 34.5 Å². The lowest BCUT2D eigenvalue weighted by atomic mass is 9.86. The second-order valence-corrected chi connectivity index (χ2v) is 10.2. The minimum Gasteiger partial charge on any atom is -0.494 e. The molecule has 0 radical (unpaired) electrons. The number of likely N-dealkylation sites (N-methyl/N-ethyl adjacent to an activating group) is 1. The van der Waals surface area contributed by atoms with Crippen LogP contribution in [-0.4, -0.2) is 72.2 Å². The van der Waals surface area contributed by atoms with Gasteiger partial charge in [0.2, 0.25) is 5.91 Å². The van der Waals surface area contributed by atoms with Gasteiger partial charge in [-0.05, 0) is 45.0 Å². The summed E-state index contributed by atoms with van der Waals surface area (Å²) >= 11 is 1.65. The summed E-state index contributed by atoms with van der Waals surface area (Å²) in [6.07, 6.45) is 5.18. The zero-order valence-electron chi connectivity index (χ0n) is 19.6. The van der Waals surface area contributed by atoms with Crippen LogP contribution in [0.3, 0.4) is 0 Å². The van der Waals surface area contributed by atoms with E-state index >= 15 is 0 Å². The monoisotopic (exact) mass is 479 g/mol. The van der Waals surface area contributed by atoms with E-state index in [0.717, 1.165) is 42.6 Å². The normalized spacial score (nSPS) is 18.0. The minimum absolute atomic E-state index is 0.0281. The molecule has 178 valence electrons. The van der Waals surface area contributed by atoms with Crippen molar-refractivity contribution in [3.63, 3.8) is 0 Å². The highest BCUT2D eigenvalue weighted by Gasteiger charge is 2.37. The van der Waals surface area contributed by atoms with Gasteiger partial charge in [0.05, 0.1) is 18.2 Å². The number of likely N-dealkylation sites (tertiary alicyclic amines) is 1. The van der Waals surface area contributed by atoms with E-state index < -0.39 is 0 Å². The molecule has 0 spiro atoms. The first kappa shape index (κ1) is 22.5. The number of thiophene rings is 1. The minimum atomic E-state index is 0.0281. The van der Waals surface area contributed by atoms with Gasteiger partial charge in [0.15, 0.2) is 0 Å². The van der Waals surface area contributed by atoms with Gasteiger partial charge in [0, 0.05) is 53.5 Å². The molecule has 10 heteroatoms. The molecule has 1 fully saturated rings. The number of nitrogens with one attached hydrogen (secondary N) is 2. The number of aromatic nitrogens is 2. The Morgan fingerprint density at radius 1 is 1.35 bits per heavy atom. The van der Waals surface area contributed by atoms with Crippen LogP contribution in [0.2, 0.25) is 0 Å². The smallest absolute Gasteiger partial charge is 0.226 e. The van der Waals surface area contributed by atoms with E-state index in [4.69, 9.17) is 15.9 Å². The summed E-state index contributed by atoms with van der Waals surface area (Å²) in [6.45, 7) is 1.64. The van der Waals surface area contributed by atoms with Crippen molar-refractivity contribution >= 4 is 50.9 Å². The third-order valence-corrected chi connectivity index (χ3v) is 8.07. The molecular weight excluding hydrogens is 450 g/mol. The van der Waals surface area contributed by atoms with Crippen LogP contribution < -0.4 is 15.8 Å². The summed E-state index contributed by atoms with van der Waals surface area (Å²) in [4.78, 5) is 28.4. The Morgan fingerprint density at radius 2 is 2.15 bits per heavy atom. The number of hydrogen-bond donors (Lipinski definition) is 3. The third kappa shape index (κ3) is 3.86. The van der Waals surface area contributed by atoms with Crippen molar-refractivity contribution < 1.29 is 9.53 Å². The van der Waals surface area contributed by atoms with Gasteiger partial charge in [-0.15, -0.1) is 11.3 Å². The van der Waals surface area contributed by atoms with Gasteiger partial charge < -0.3 is 31.0 Å². The summed E-state index contributed by atoms with van der Waals surface area (Å²) in [5.41, 5.74) is 9.01. The molecule has 1 aliphatic carbocycles. The lowest BCUT2D eigenvalue weighted by Crippen LogP contribution is -2.60. The molecule has 2 aromatic heterocycles. The Bertz CT molecular complexity index is 1270. The van der Waals surface area contributed by atoms with E-state index in [-0.39, 0.29) is 11.8 Å². The number of carbonyl (C=O) groups is 1. The lowest BCUT2D eigenvalue weighted by molar-refractivity contribution is -0.142. The molecule has 4 N–H and O–H groups in total. The number of amides is 1. The topological polar surface area (TPSA) is 120 Å². The molecule has 1 unspecified atom stereocenters. The lowest BCUT2D eigenvalue weighted by Gasteiger charge is -2.44. The fourth-order valence-corrected chi connectivity index (χ4v) is 6.03. The number of methoxy groups -OCH3 is 1. The van der Waals surface area contributed by atoms with Gasteiger partial charge in [-0.25, -0.2) is 9.97 Å². The van der Waals surface area contributed by atoms with Gasteiger partial charge in [0.1, 0.15) is 22.7 Å². The van der Waals surface area contributed by atoms with Gasteiger partial charge in [-0.3, -0.25) is 4.79 Å². The fourth-order valence-electron chi connectivity index (χ4n) is 4.77. The number of aryl methyl sites for hydroxylation is 1. The highest BCUT2D eigenvalue weighted by atomic mass is 32.1. The molecule has 0 bridgehead atoms. The zero-order valence-corrected chi connectivity index (χ0v) is 20.4. The van der Waals surface area contributed by atoms with E-state index in [2.05, 4.69) is 34.3 Å². The van der Waals surface area contributed by atoms with Crippen LogP contribution in [0.1, 0.15) is 22.4 Å². The first-order valence-electron chi connectivity index (χ1n) is 11.3. The quantitative estimate of drug-likeness (QED) is 0.367. The molecule has 1 aromatic carbocycles. The highest BCUT2D eigenvalue weighted by Crippen LogP contribution is 2.42. The summed E-state index contributed by atoms with van der Waals surface area (Å²) < 4.78 is 5.50. The van der Waals surface area contributed by atoms with Crippen molar-refractivity contribution in [1.29, 1.82) is 5.41 Å². The number of fused-ring (bicyclic) bond motifs is 3. The van der Waals surface area contributed by atoms with Gasteiger partial charge >= 0.3 is 0 Å². The number of rotatable bonds is 6. The van der Waals surface area contributed by atoms with Crippen LogP contribution in [0, 0.1) is 11.3 Å². The molecule has 3 aromatic rings. The maximum Gasteiger partial charge on any atom is 0.226 e. The summed E-state index contributed by atoms with van der Waals surface area (Å²) in [5, 5.41) is 12.0. The highest BCUT2D eigenvalue weighted by molar-refractivity contribution is 7.19. The van der Waals surface area contributed by atoms with Gasteiger partial charge in [-0.1, -0.05) is 0 Å². The van der Waals surface area contributed by atoms with Crippen LogP contribution in [0.25, 0.3) is 10.2 Å². The van der Waals surface area contributed by atoms with E-state index in [1.165, 1.54) is 16.7 Å². The van der Waals surface area contributed by atoms with Gasteiger partial charge in [0.25, 0.3) is 0 Å². The number of nitrogens with two attached hydrogens (primary N) is 1. The standard InChI is InChI=1S/C24H29N7O2S/c1-30(2)15-10-31(11-15)24(32)13-4-5-16-20(7-13)34-23-21(16)22(27-12-28-23)29-18-6-14(9-25)17(26)8-19(18)33-3/h6,8-9,12-13,15,25H,4-5,7,10-11,26H2,1-3H3,(H,27,28,29). The second-order valence-electron chi connectivity index (χ2n) is 9.16. The number of hydrogen-bond acceptors (Lipinski definition) is 9. The third-order valence-electron chi connectivity index (χ3n) is 6.91. The van der Waals surface area contributed by atoms with Crippen LogP contribution in [-0.2, 0) is 17.6 Å². The van der Waals surface area contributed by atoms with Crippen molar-refractivity contribution in [2.24, 2.45) is 5.92 Å². The molecule has 34 heavy (non-hydrogen) atoms. The molecule has 1 aliphatic heterocycles. The fraction of sp³-hybridized carbons (Fsp3) is 0.417. The SMILES string of the molecule is COc1cc(N)c(C=N)cc1Nc1ncnc2sc3c(c12)CCC(C(=O)N1CC(N(C)C)C1)C3. The Morgan fingerprint density at radius 3 is 2.85 bits per heavy atom. The number of ether oxygens (including phenoxy) is 1. The predicted octanol–water partition coefficient (Wildman–Crippen LogP) is 2.90. The zero-order chi connectivity index (χ0) is 24.0. The number of nitrogen functional groups attached to an aromatic ring is 1. The van der Waals surface area contributed by atoms with Crippen LogP contribution in [0.15, 0.2) is 18.5 Å². The average molecular weight is 480 g/mol. The second kappa shape index (κ2) is 8.84. The molecule has 5 rings (SSSR count). The predicted molar refractivity (Wildman–Crippen MR) is 136 cm³/mol. The molecule has 1 atom stereocenters. The molecule has 3 heterocycles. The van der Waals surface area contributed by atoms with Crippen molar-refractivity contribution in [1.82, 2.24) is 19.8 Å². The largest absolute Gasteiger partial charge is 0.494 e. The molecule has 9 nitrogen and oxygen atoms in total. The maximum atomic E-state index is 13.1. The Balaban J connectivity index is 1.42. The summed E-state index contributed by atoms with van der Waals surface area (Å²) in [6, 6.07) is 3.96. The van der Waals surface area contributed by atoms with E-state index in [1.807, 2.05) is 4.90 Å². The van der Waals surface area contributed by atoms with Crippen molar-refractivity contribution in [3.05, 3.63) is 34.5 Å². The Kier molecular flexibility index (Phi) is 5.86. The summed E-state index contributed by atoms with van der Waals surface area (Å²) in [5.74, 6) is 1.58. The molecule has 0 saturated carbocycles. The number of anilines is 3. The molecule has 2 aliphatic rings. The van der Waals surface area contributed by atoms with Crippen molar-refractivity contribution in [2.75, 3.05) is 45.3 Å². The molecule has 1 saturated heterocycles. The van der Waals surface area contributed by atoms with Gasteiger partial charge in [-0.2, -0.15) is 0 Å². The van der Waals surface area contributed by atoms with Crippen molar-refractivity contribution in [3.8, 4) is 5.75 Å². The molecule has 1 amide bonds. The van der Waals surface area contributed by atoms with Crippen LogP contribution in [0.5, 0.6) is 5.75 Å². The number of carbonyl (C=O) groups excluding carboxylic acids is 1. The van der Waals surface area contributed by atoms with E-state index in [1.54, 1.807) is 36.9 Å².